The number of carboxylic acids is 1. The lowest BCUT2D eigenvalue weighted by molar-refractivity contribution is -0.384. The lowest BCUT2D eigenvalue weighted by Crippen LogP contribution is -2.14. The third-order valence-electron chi connectivity index (χ3n) is 3.60. The number of ketones is 1. The minimum atomic E-state index is -1.48. The summed E-state index contributed by atoms with van der Waals surface area (Å²) in [7, 11) is 0. The van der Waals surface area contributed by atoms with E-state index in [4.69, 9.17) is 17.3 Å². The van der Waals surface area contributed by atoms with Crippen LogP contribution >= 0.6 is 11.6 Å². The maximum atomic E-state index is 11.6. The van der Waals surface area contributed by atoms with Crippen molar-refractivity contribution < 1.29 is 19.6 Å². The van der Waals surface area contributed by atoms with Crippen molar-refractivity contribution in [2.24, 2.45) is 0 Å². The van der Waals surface area contributed by atoms with Gasteiger partial charge in [-0.2, -0.15) is 0 Å². The Kier molecular flexibility index (Phi) is 4.18. The number of benzene rings is 1. The summed E-state index contributed by atoms with van der Waals surface area (Å²) in [6.45, 7) is 1.53. The molecule has 0 aromatic heterocycles. The van der Waals surface area contributed by atoms with Gasteiger partial charge in [0.1, 0.15) is 11.3 Å². The number of nitrogen functional groups attached to an aromatic ring is 1. The third-order valence-corrected chi connectivity index (χ3v) is 4.09. The molecule has 2 rings (SSSR count). The number of halogens is 1. The summed E-state index contributed by atoms with van der Waals surface area (Å²) in [4.78, 5) is 33.5. The van der Waals surface area contributed by atoms with E-state index in [1.807, 2.05) is 0 Å². The number of nitrogens with two attached hydrogens (primary N) is 1. The van der Waals surface area contributed by atoms with Crippen LogP contribution in [0.25, 0.3) is 5.57 Å². The molecule has 22 heavy (non-hydrogen) atoms. The molecule has 8 heteroatoms. The van der Waals surface area contributed by atoms with E-state index in [0.717, 1.165) is 0 Å². The number of nitro groups is 1. The predicted octanol–water partition coefficient (Wildman–Crippen LogP) is 2.97. The van der Waals surface area contributed by atoms with Gasteiger partial charge in [-0.25, -0.2) is 4.79 Å². The topological polar surface area (TPSA) is 124 Å². The van der Waals surface area contributed by atoms with Gasteiger partial charge in [-0.3, -0.25) is 14.9 Å². The first-order chi connectivity index (χ1) is 10.3. The van der Waals surface area contributed by atoms with E-state index < -0.39 is 22.1 Å². The minimum Gasteiger partial charge on any atom is -0.477 e. The molecule has 0 saturated carbocycles. The Balaban J connectivity index is 2.91. The molecule has 0 unspecified atom stereocenters. The van der Waals surface area contributed by atoms with E-state index in [0.29, 0.717) is 30.4 Å². The molecule has 1 aliphatic rings. The zero-order valence-electron chi connectivity index (χ0n) is 11.7. The van der Waals surface area contributed by atoms with Gasteiger partial charge in [0, 0.05) is 12.0 Å². The molecular weight excluding hydrogens is 312 g/mol. The van der Waals surface area contributed by atoms with Crippen molar-refractivity contribution in [2.45, 2.75) is 26.2 Å². The number of carbonyl (C=O) groups is 2. The van der Waals surface area contributed by atoms with Crippen LogP contribution in [0.1, 0.15) is 40.7 Å². The third kappa shape index (κ3) is 2.55. The first-order valence-electron chi connectivity index (χ1n) is 6.48. The number of nitrogens with zero attached hydrogens (tertiary/aromatic N) is 1. The molecule has 1 aromatic rings. The van der Waals surface area contributed by atoms with Crippen molar-refractivity contribution in [1.82, 2.24) is 0 Å². The summed E-state index contributed by atoms with van der Waals surface area (Å²) in [6.07, 6.45) is 2.70. The van der Waals surface area contributed by atoms with Gasteiger partial charge >= 0.3 is 11.7 Å². The lowest BCUT2D eigenvalue weighted by atomic mass is 9.86. The number of carboxylic acid groups (broad SMARTS) is 1. The molecule has 3 N–H and O–H groups in total. The second-order valence-corrected chi connectivity index (χ2v) is 5.38. The van der Waals surface area contributed by atoms with Gasteiger partial charge in [0.15, 0.2) is 5.78 Å². The average molecular weight is 325 g/mol. The van der Waals surface area contributed by atoms with E-state index in [1.165, 1.54) is 13.0 Å². The Morgan fingerprint density at radius 3 is 2.59 bits per heavy atom. The Labute approximate surface area is 130 Å². The fraction of sp³-hybridized carbons (Fsp3) is 0.286. The van der Waals surface area contributed by atoms with Crippen molar-refractivity contribution in [3.05, 3.63) is 37.9 Å². The number of allylic oxidation sites excluding steroid dienone is 2. The molecule has 116 valence electrons. The van der Waals surface area contributed by atoms with E-state index in [1.54, 1.807) is 0 Å². The molecular formula is C14H13ClN2O5. The predicted molar refractivity (Wildman–Crippen MR) is 81.1 cm³/mol. The van der Waals surface area contributed by atoms with Crippen LogP contribution in [0.3, 0.4) is 0 Å². The number of nitro benzene ring substituents is 1. The highest BCUT2D eigenvalue weighted by Gasteiger charge is 2.33. The summed E-state index contributed by atoms with van der Waals surface area (Å²) in [5.74, 6) is -1.63. The van der Waals surface area contributed by atoms with Crippen molar-refractivity contribution in [3.8, 4) is 0 Å². The standard InChI is InChI=1S/C14H13ClN2O5/c1-6-9(7-3-2-4-8(18)5-7)10(14(19)20)13(17(21)22)12(16)11(6)15/h5H,2-4,16H2,1H3,(H,19,20). The molecule has 0 atom stereocenters. The Morgan fingerprint density at radius 1 is 1.45 bits per heavy atom. The number of anilines is 1. The van der Waals surface area contributed by atoms with E-state index >= 15 is 0 Å². The number of aromatic carboxylic acids is 1. The SMILES string of the molecule is Cc1c(Cl)c(N)c([N+](=O)[O-])c(C(=O)O)c1C1=CC(=O)CCC1. The lowest BCUT2D eigenvalue weighted by Gasteiger charge is -2.19. The molecule has 0 radical (unpaired) electrons. The molecule has 0 heterocycles. The van der Waals surface area contributed by atoms with Crippen LogP contribution in [0, 0.1) is 17.0 Å². The highest BCUT2D eigenvalue weighted by molar-refractivity contribution is 6.35. The molecule has 0 bridgehead atoms. The zero-order chi connectivity index (χ0) is 16.6. The highest BCUT2D eigenvalue weighted by Crippen LogP contribution is 2.43. The van der Waals surface area contributed by atoms with Gasteiger partial charge in [-0.15, -0.1) is 0 Å². The minimum absolute atomic E-state index is 0.0642. The fourth-order valence-electron chi connectivity index (χ4n) is 2.64. The molecule has 0 fully saturated rings. The largest absolute Gasteiger partial charge is 0.477 e. The van der Waals surface area contributed by atoms with Crippen molar-refractivity contribution in [2.75, 3.05) is 5.73 Å². The summed E-state index contributed by atoms with van der Waals surface area (Å²) in [5, 5.41) is 20.6. The smallest absolute Gasteiger partial charge is 0.343 e. The normalized spacial score (nSPS) is 14.6. The van der Waals surface area contributed by atoms with Crippen LogP contribution in [0.15, 0.2) is 6.08 Å². The molecule has 7 nitrogen and oxygen atoms in total. The first-order valence-corrected chi connectivity index (χ1v) is 6.86. The Bertz CT molecular complexity index is 739. The van der Waals surface area contributed by atoms with Crippen LogP contribution in [-0.2, 0) is 4.79 Å². The molecule has 1 aliphatic carbocycles. The second kappa shape index (κ2) is 5.76. The van der Waals surface area contributed by atoms with E-state index in [2.05, 4.69) is 0 Å². The number of hydrogen-bond donors (Lipinski definition) is 2. The second-order valence-electron chi connectivity index (χ2n) is 5.00. The van der Waals surface area contributed by atoms with Crippen molar-refractivity contribution >= 4 is 40.3 Å². The van der Waals surface area contributed by atoms with Crippen LogP contribution in [0.5, 0.6) is 0 Å². The Hall–Kier alpha value is -2.41. The molecule has 0 spiro atoms. The molecule has 0 amide bonds. The van der Waals surface area contributed by atoms with E-state index in [-0.39, 0.29) is 22.1 Å². The number of carbonyl (C=O) groups excluding carboxylic acids is 1. The fourth-order valence-corrected chi connectivity index (χ4v) is 2.83. The molecule has 1 aromatic carbocycles. The zero-order valence-corrected chi connectivity index (χ0v) is 12.4. The van der Waals surface area contributed by atoms with Gasteiger partial charge in [0.05, 0.1) is 9.95 Å². The van der Waals surface area contributed by atoms with Gasteiger partial charge in [-0.05, 0) is 37.0 Å². The van der Waals surface area contributed by atoms with Crippen molar-refractivity contribution in [3.63, 3.8) is 0 Å². The summed E-state index contributed by atoms with van der Waals surface area (Å²) in [5.41, 5.74) is 4.86. The summed E-state index contributed by atoms with van der Waals surface area (Å²) in [6, 6.07) is 0. The monoisotopic (exact) mass is 324 g/mol. The van der Waals surface area contributed by atoms with Gasteiger partial charge in [0.2, 0.25) is 0 Å². The van der Waals surface area contributed by atoms with Crippen molar-refractivity contribution in [1.29, 1.82) is 0 Å². The van der Waals surface area contributed by atoms with Gasteiger partial charge in [0.25, 0.3) is 0 Å². The Morgan fingerprint density at radius 2 is 2.09 bits per heavy atom. The first kappa shape index (κ1) is 16.0. The number of hydrogen-bond acceptors (Lipinski definition) is 5. The maximum Gasteiger partial charge on any atom is 0.343 e. The van der Waals surface area contributed by atoms with Crippen LogP contribution in [0.4, 0.5) is 11.4 Å². The average Bonchev–Trinajstić information content (AvgIpc) is 2.43. The van der Waals surface area contributed by atoms with Crippen LogP contribution < -0.4 is 5.73 Å². The number of rotatable bonds is 3. The quantitative estimate of drug-likeness (QED) is 0.500. The molecule has 0 aliphatic heterocycles. The van der Waals surface area contributed by atoms with Crippen LogP contribution in [0.2, 0.25) is 5.02 Å². The maximum absolute atomic E-state index is 11.6. The van der Waals surface area contributed by atoms with E-state index in [9.17, 15) is 24.8 Å². The summed E-state index contributed by atoms with van der Waals surface area (Å²) >= 11 is 6.03. The molecule has 0 saturated heterocycles. The highest BCUT2D eigenvalue weighted by atomic mass is 35.5. The van der Waals surface area contributed by atoms with Gasteiger partial charge < -0.3 is 10.8 Å². The van der Waals surface area contributed by atoms with Crippen LogP contribution in [-0.4, -0.2) is 21.8 Å². The van der Waals surface area contributed by atoms with Gasteiger partial charge in [-0.1, -0.05) is 11.6 Å². The summed E-state index contributed by atoms with van der Waals surface area (Å²) < 4.78 is 0.